The molecule has 156 valence electrons. The highest BCUT2D eigenvalue weighted by atomic mass is 16.5. The van der Waals surface area contributed by atoms with Crippen LogP contribution in [0.2, 0.25) is 0 Å². The third kappa shape index (κ3) is 4.72. The number of nitrogens with zero attached hydrogens (tertiary/aromatic N) is 4. The third-order valence-electron chi connectivity index (χ3n) is 5.11. The summed E-state index contributed by atoms with van der Waals surface area (Å²) in [6.07, 6.45) is 2.78. The number of methoxy groups -OCH3 is 1. The van der Waals surface area contributed by atoms with Crippen molar-refractivity contribution in [3.05, 3.63) is 42.1 Å². The van der Waals surface area contributed by atoms with Gasteiger partial charge in [0.1, 0.15) is 17.1 Å². The predicted molar refractivity (Wildman–Crippen MR) is 118 cm³/mol. The molecule has 1 aromatic heterocycles. The summed E-state index contributed by atoms with van der Waals surface area (Å²) in [7, 11) is 5.25. The van der Waals surface area contributed by atoms with Crippen LogP contribution in [-0.4, -0.2) is 69.7 Å². The number of piperazine rings is 1. The van der Waals surface area contributed by atoms with Crippen LogP contribution in [0.15, 0.2) is 36.5 Å². The first kappa shape index (κ1) is 20.8. The van der Waals surface area contributed by atoms with Gasteiger partial charge in [0.2, 0.25) is 0 Å². The number of ether oxygens (including phenoxy) is 1. The lowest BCUT2D eigenvalue weighted by Crippen LogP contribution is -2.47. The minimum absolute atomic E-state index is 0.0260. The second kappa shape index (κ2) is 9.49. The fraction of sp³-hybridized carbons (Fsp3) is 0.455. The number of hydrogen-bond acceptors (Lipinski definition) is 6. The maximum atomic E-state index is 12.9. The smallest absolute Gasteiger partial charge is 0.259 e. The van der Waals surface area contributed by atoms with E-state index >= 15 is 0 Å². The number of carbonyl (C=O) groups is 1. The van der Waals surface area contributed by atoms with Crippen molar-refractivity contribution in [1.82, 2.24) is 9.88 Å². The summed E-state index contributed by atoms with van der Waals surface area (Å²) in [5, 5.41) is 3.39. The Hall–Kier alpha value is -2.96. The Morgan fingerprint density at radius 2 is 1.90 bits per heavy atom. The van der Waals surface area contributed by atoms with Gasteiger partial charge in [-0.1, -0.05) is 13.0 Å². The van der Waals surface area contributed by atoms with Crippen LogP contribution in [-0.2, 0) is 0 Å². The topological polar surface area (TPSA) is 60.9 Å². The number of nitrogens with one attached hydrogen (secondary N) is 1. The second-order valence-corrected chi connectivity index (χ2v) is 7.36. The Kier molecular flexibility index (Phi) is 6.80. The summed E-state index contributed by atoms with van der Waals surface area (Å²) >= 11 is 0. The summed E-state index contributed by atoms with van der Waals surface area (Å²) in [4.78, 5) is 23.7. The Morgan fingerprint density at radius 1 is 1.17 bits per heavy atom. The van der Waals surface area contributed by atoms with E-state index in [0.717, 1.165) is 62.1 Å². The van der Waals surface area contributed by atoms with E-state index in [1.165, 1.54) is 0 Å². The summed E-state index contributed by atoms with van der Waals surface area (Å²) in [5.41, 5.74) is 2.66. The van der Waals surface area contributed by atoms with Gasteiger partial charge in [0, 0.05) is 64.8 Å². The highest BCUT2D eigenvalue weighted by molar-refractivity contribution is 6.04. The van der Waals surface area contributed by atoms with Crippen molar-refractivity contribution >= 4 is 23.1 Å². The Morgan fingerprint density at radius 3 is 2.55 bits per heavy atom. The molecule has 2 aromatic rings. The van der Waals surface area contributed by atoms with Crippen LogP contribution in [0, 0.1) is 0 Å². The van der Waals surface area contributed by atoms with Gasteiger partial charge in [-0.15, -0.1) is 0 Å². The summed E-state index contributed by atoms with van der Waals surface area (Å²) in [6.45, 7) is 6.25. The van der Waals surface area contributed by atoms with Crippen molar-refractivity contribution in [2.75, 3.05) is 69.0 Å². The number of amides is 1. The maximum absolute atomic E-state index is 12.9. The zero-order valence-corrected chi connectivity index (χ0v) is 17.8. The van der Waals surface area contributed by atoms with E-state index in [1.807, 2.05) is 18.2 Å². The lowest BCUT2D eigenvalue weighted by Gasteiger charge is -2.37. The van der Waals surface area contributed by atoms with Gasteiger partial charge in [0.25, 0.3) is 5.91 Å². The third-order valence-corrected chi connectivity index (χ3v) is 5.11. The molecule has 0 aliphatic carbocycles. The molecule has 0 bridgehead atoms. The molecule has 1 aromatic carbocycles. The average molecular weight is 398 g/mol. The first-order chi connectivity index (χ1) is 14.0. The SMILES string of the molecule is CCCNc1ccnc(N2CCN(c3cccc(OC)c3)CC2)c1C(=O)N(C)C. The quantitative estimate of drug-likeness (QED) is 0.775. The zero-order valence-electron chi connectivity index (χ0n) is 17.8. The molecule has 0 saturated carbocycles. The summed E-state index contributed by atoms with van der Waals surface area (Å²) in [5.74, 6) is 1.59. The van der Waals surface area contributed by atoms with Gasteiger partial charge in [-0.25, -0.2) is 4.98 Å². The Balaban J connectivity index is 1.81. The number of pyridine rings is 1. The van der Waals surface area contributed by atoms with Crippen molar-refractivity contribution in [3.8, 4) is 5.75 Å². The van der Waals surface area contributed by atoms with Gasteiger partial charge in [-0.05, 0) is 24.6 Å². The van der Waals surface area contributed by atoms with E-state index in [1.54, 1.807) is 32.3 Å². The van der Waals surface area contributed by atoms with Gasteiger partial charge in [-0.2, -0.15) is 0 Å². The molecule has 1 saturated heterocycles. The maximum Gasteiger partial charge on any atom is 0.259 e. The van der Waals surface area contributed by atoms with Gasteiger partial charge >= 0.3 is 0 Å². The number of carbonyl (C=O) groups excluding carboxylic acids is 1. The van der Waals surface area contributed by atoms with Gasteiger partial charge in [-0.3, -0.25) is 4.79 Å². The zero-order chi connectivity index (χ0) is 20.8. The van der Waals surface area contributed by atoms with E-state index in [0.29, 0.717) is 5.56 Å². The number of benzene rings is 1. The molecule has 1 aliphatic heterocycles. The van der Waals surface area contributed by atoms with Crippen LogP contribution in [0.5, 0.6) is 5.75 Å². The van der Waals surface area contributed by atoms with Crippen LogP contribution in [0.1, 0.15) is 23.7 Å². The highest BCUT2D eigenvalue weighted by Crippen LogP contribution is 2.29. The number of rotatable bonds is 7. The van der Waals surface area contributed by atoms with Crippen molar-refractivity contribution < 1.29 is 9.53 Å². The number of hydrogen-bond donors (Lipinski definition) is 1. The number of anilines is 3. The van der Waals surface area contributed by atoms with Crippen molar-refractivity contribution in [2.24, 2.45) is 0 Å². The van der Waals surface area contributed by atoms with Gasteiger partial charge in [0.15, 0.2) is 0 Å². The fourth-order valence-electron chi connectivity index (χ4n) is 3.52. The second-order valence-electron chi connectivity index (χ2n) is 7.36. The van der Waals surface area contributed by atoms with Gasteiger partial charge < -0.3 is 24.8 Å². The minimum atomic E-state index is -0.0260. The Labute approximate surface area is 173 Å². The van der Waals surface area contributed by atoms with Gasteiger partial charge in [0.05, 0.1) is 12.8 Å². The molecule has 29 heavy (non-hydrogen) atoms. The largest absolute Gasteiger partial charge is 0.497 e. The molecule has 1 fully saturated rings. The lowest BCUT2D eigenvalue weighted by molar-refractivity contribution is 0.0828. The molecule has 0 atom stereocenters. The molecule has 7 nitrogen and oxygen atoms in total. The molecular weight excluding hydrogens is 366 g/mol. The van der Waals surface area contributed by atoms with E-state index in [-0.39, 0.29) is 5.91 Å². The molecule has 7 heteroatoms. The molecule has 2 heterocycles. The molecule has 1 aliphatic rings. The molecule has 0 unspecified atom stereocenters. The van der Waals surface area contributed by atoms with E-state index < -0.39 is 0 Å². The normalized spacial score (nSPS) is 13.9. The van der Waals surface area contributed by atoms with E-state index in [2.05, 4.69) is 39.2 Å². The average Bonchev–Trinajstić information content (AvgIpc) is 2.77. The standard InChI is InChI=1S/C22H31N5O2/c1-5-10-23-19-9-11-24-21(20(19)22(28)25(2)3)27-14-12-26(13-15-27)17-7-6-8-18(16-17)29-4/h6-9,11,16H,5,10,12-15H2,1-4H3,(H,23,24). The summed E-state index contributed by atoms with van der Waals surface area (Å²) in [6, 6.07) is 10.0. The minimum Gasteiger partial charge on any atom is -0.497 e. The van der Waals surface area contributed by atoms with Crippen LogP contribution in [0.3, 0.4) is 0 Å². The van der Waals surface area contributed by atoms with Crippen LogP contribution < -0.4 is 19.9 Å². The molecule has 1 N–H and O–H groups in total. The Bertz CT molecular complexity index is 832. The molecule has 0 spiro atoms. The van der Waals surface area contributed by atoms with Crippen molar-refractivity contribution in [1.29, 1.82) is 0 Å². The lowest BCUT2D eigenvalue weighted by atomic mass is 10.1. The molecule has 0 radical (unpaired) electrons. The first-order valence-corrected chi connectivity index (χ1v) is 10.1. The van der Waals surface area contributed by atoms with Crippen LogP contribution >= 0.6 is 0 Å². The summed E-state index contributed by atoms with van der Waals surface area (Å²) < 4.78 is 5.35. The monoisotopic (exact) mass is 397 g/mol. The van der Waals surface area contributed by atoms with Crippen LogP contribution in [0.4, 0.5) is 17.2 Å². The van der Waals surface area contributed by atoms with Crippen molar-refractivity contribution in [2.45, 2.75) is 13.3 Å². The fourth-order valence-corrected chi connectivity index (χ4v) is 3.52. The van der Waals surface area contributed by atoms with Crippen molar-refractivity contribution in [3.63, 3.8) is 0 Å². The molecule has 3 rings (SSSR count). The highest BCUT2D eigenvalue weighted by Gasteiger charge is 2.26. The van der Waals surface area contributed by atoms with E-state index in [4.69, 9.17) is 4.74 Å². The predicted octanol–water partition coefficient (Wildman–Crippen LogP) is 2.94. The van der Waals surface area contributed by atoms with E-state index in [9.17, 15) is 4.79 Å². The molecular formula is C22H31N5O2. The van der Waals surface area contributed by atoms with Crippen LogP contribution in [0.25, 0.3) is 0 Å². The molecule has 1 amide bonds. The number of aromatic nitrogens is 1. The first-order valence-electron chi connectivity index (χ1n) is 10.1.